The second-order valence-electron chi connectivity index (χ2n) is 8.49. The smallest absolute Gasteiger partial charge is 0.366 e. The van der Waals surface area contributed by atoms with Gasteiger partial charge in [0.2, 0.25) is 5.91 Å². The van der Waals surface area contributed by atoms with Gasteiger partial charge in [-0.3, -0.25) is 9.69 Å². The molecule has 9 heteroatoms. The number of nitriles is 1. The van der Waals surface area contributed by atoms with Crippen LogP contribution in [0.1, 0.15) is 59.3 Å². The van der Waals surface area contributed by atoms with Crippen LogP contribution in [0.4, 0.5) is 23.7 Å². The lowest BCUT2D eigenvalue weighted by atomic mass is 9.79. The number of carbonyl (C=O) groups is 2. The fraction of sp³-hybridized carbons (Fsp3) is 0.269. The minimum atomic E-state index is -4.56. The Morgan fingerprint density at radius 2 is 1.94 bits per heavy atom. The number of likely N-dealkylation sites (N-methyl/N-ethyl adjacent to an activating group) is 1. The highest BCUT2D eigenvalue weighted by atomic mass is 19.4. The number of hydrogen-bond donors (Lipinski definition) is 1. The van der Waals surface area contributed by atoms with Crippen LogP contribution in [0, 0.1) is 11.3 Å². The molecule has 4 rings (SSSR count). The molecule has 1 aliphatic carbocycles. The predicted octanol–water partition coefficient (Wildman–Crippen LogP) is 5.67. The number of nitrogens with two attached hydrogens (primary N) is 1. The fourth-order valence-corrected chi connectivity index (χ4v) is 4.87. The van der Waals surface area contributed by atoms with Crippen LogP contribution >= 0.6 is 0 Å². The van der Waals surface area contributed by atoms with Crippen molar-refractivity contribution < 1.29 is 22.8 Å². The molecule has 2 N–H and O–H groups in total. The van der Waals surface area contributed by atoms with Crippen LogP contribution in [-0.2, 0) is 6.18 Å². The minimum Gasteiger partial charge on any atom is -0.366 e. The molecule has 2 aliphatic rings. The standard InChI is InChI=1S/C26H23F3N4O2/c1-3-16-6-4-9-21-22(16)23(19-11-10-15(14-30)12-20(19)24(31)34)32(2)25(35)33(21)18-8-5-7-17(13-18)26(27,28)29/h3,5,7-8,10-13,23H,4,6,9H2,1-2H3,(H2,31,34). The summed E-state index contributed by atoms with van der Waals surface area (Å²) >= 11 is 0. The Morgan fingerprint density at radius 3 is 2.57 bits per heavy atom. The third kappa shape index (κ3) is 4.16. The third-order valence-electron chi connectivity index (χ3n) is 6.46. The zero-order chi connectivity index (χ0) is 25.5. The first-order chi connectivity index (χ1) is 16.6. The number of allylic oxidation sites excluding steroid dienone is 2. The van der Waals surface area contributed by atoms with Gasteiger partial charge in [0.25, 0.3) is 0 Å². The number of amides is 3. The molecule has 180 valence electrons. The van der Waals surface area contributed by atoms with Gasteiger partial charge in [0.05, 0.1) is 28.9 Å². The largest absolute Gasteiger partial charge is 0.416 e. The van der Waals surface area contributed by atoms with E-state index in [1.54, 1.807) is 19.2 Å². The number of benzene rings is 2. The van der Waals surface area contributed by atoms with Gasteiger partial charge in [0.15, 0.2) is 0 Å². The van der Waals surface area contributed by atoms with E-state index < -0.39 is 29.7 Å². The summed E-state index contributed by atoms with van der Waals surface area (Å²) in [5.41, 5.74) is 8.03. The van der Waals surface area contributed by atoms with Crippen molar-refractivity contribution in [3.8, 4) is 6.07 Å². The minimum absolute atomic E-state index is 0.120. The molecular formula is C26H23F3N4O2. The number of primary amides is 1. The summed E-state index contributed by atoms with van der Waals surface area (Å²) in [6.07, 6.45) is -0.731. The quantitative estimate of drug-likeness (QED) is 0.613. The summed E-state index contributed by atoms with van der Waals surface area (Å²) in [6.45, 7) is 1.86. The molecule has 6 nitrogen and oxygen atoms in total. The summed E-state index contributed by atoms with van der Waals surface area (Å²) in [5, 5.41) is 9.28. The van der Waals surface area contributed by atoms with Crippen LogP contribution in [0.15, 0.2) is 65.4 Å². The van der Waals surface area contributed by atoms with Gasteiger partial charge >= 0.3 is 12.2 Å². The molecule has 1 aliphatic heterocycles. The number of halogens is 3. The van der Waals surface area contributed by atoms with Crippen molar-refractivity contribution in [3.05, 3.63) is 87.6 Å². The molecule has 0 bridgehead atoms. The van der Waals surface area contributed by atoms with Crippen molar-refractivity contribution in [1.29, 1.82) is 5.26 Å². The van der Waals surface area contributed by atoms with Crippen molar-refractivity contribution in [2.45, 2.75) is 38.4 Å². The van der Waals surface area contributed by atoms with Gasteiger partial charge in [-0.25, -0.2) is 4.79 Å². The number of alkyl halides is 3. The molecule has 0 saturated heterocycles. The Morgan fingerprint density at radius 1 is 1.20 bits per heavy atom. The summed E-state index contributed by atoms with van der Waals surface area (Å²) in [4.78, 5) is 28.7. The maximum absolute atomic E-state index is 13.7. The van der Waals surface area contributed by atoms with Crippen molar-refractivity contribution in [3.63, 3.8) is 0 Å². The number of nitrogens with zero attached hydrogens (tertiary/aromatic N) is 3. The summed E-state index contributed by atoms with van der Waals surface area (Å²) in [7, 11) is 1.54. The number of hydrogen-bond acceptors (Lipinski definition) is 3. The molecule has 3 amide bonds. The van der Waals surface area contributed by atoms with Gasteiger partial charge in [-0.1, -0.05) is 18.2 Å². The monoisotopic (exact) mass is 480 g/mol. The van der Waals surface area contributed by atoms with Gasteiger partial charge in [-0.15, -0.1) is 0 Å². The maximum Gasteiger partial charge on any atom is 0.416 e. The molecule has 0 saturated carbocycles. The van der Waals surface area contributed by atoms with Crippen LogP contribution in [0.25, 0.3) is 0 Å². The van der Waals surface area contributed by atoms with E-state index in [9.17, 15) is 28.0 Å². The van der Waals surface area contributed by atoms with Crippen LogP contribution in [0.2, 0.25) is 0 Å². The van der Waals surface area contributed by atoms with Gasteiger partial charge in [-0.2, -0.15) is 18.4 Å². The first-order valence-electron chi connectivity index (χ1n) is 11.0. The van der Waals surface area contributed by atoms with Gasteiger partial charge < -0.3 is 10.6 Å². The highest BCUT2D eigenvalue weighted by Crippen LogP contribution is 2.48. The Balaban J connectivity index is 1.98. The molecule has 1 unspecified atom stereocenters. The summed E-state index contributed by atoms with van der Waals surface area (Å²) < 4.78 is 40.3. The van der Waals surface area contributed by atoms with Crippen LogP contribution in [0.5, 0.6) is 0 Å². The van der Waals surface area contributed by atoms with E-state index in [0.717, 1.165) is 23.3 Å². The van der Waals surface area contributed by atoms with Gasteiger partial charge in [0, 0.05) is 23.9 Å². The number of rotatable bonds is 3. The topological polar surface area (TPSA) is 90.4 Å². The van der Waals surface area contributed by atoms with Crippen molar-refractivity contribution in [2.75, 3.05) is 11.9 Å². The Labute approximate surface area is 200 Å². The zero-order valence-electron chi connectivity index (χ0n) is 19.2. The van der Waals surface area contributed by atoms with E-state index in [4.69, 9.17) is 5.73 Å². The molecule has 2 aromatic rings. The van der Waals surface area contributed by atoms with E-state index in [1.165, 1.54) is 28.0 Å². The molecule has 2 aromatic carbocycles. The second kappa shape index (κ2) is 8.95. The van der Waals surface area contributed by atoms with Crippen molar-refractivity contribution in [2.24, 2.45) is 5.73 Å². The van der Waals surface area contributed by atoms with Gasteiger partial charge in [0.1, 0.15) is 0 Å². The van der Waals surface area contributed by atoms with E-state index in [2.05, 4.69) is 0 Å². The van der Waals surface area contributed by atoms with Gasteiger partial charge in [-0.05, 0) is 67.7 Å². The molecule has 35 heavy (non-hydrogen) atoms. The van der Waals surface area contributed by atoms with Crippen LogP contribution < -0.4 is 10.6 Å². The molecule has 1 atom stereocenters. The first kappa shape index (κ1) is 24.1. The number of carbonyl (C=O) groups excluding carboxylic acids is 2. The molecule has 1 heterocycles. The average Bonchev–Trinajstić information content (AvgIpc) is 2.84. The number of anilines is 1. The highest BCUT2D eigenvalue weighted by Gasteiger charge is 2.43. The lowest BCUT2D eigenvalue weighted by Crippen LogP contribution is -2.49. The third-order valence-corrected chi connectivity index (χ3v) is 6.46. The van der Waals surface area contributed by atoms with Crippen molar-refractivity contribution >= 4 is 17.6 Å². The van der Waals surface area contributed by atoms with Crippen LogP contribution in [0.3, 0.4) is 0 Å². The SMILES string of the molecule is CC=C1CCCC2=C1C(c1ccc(C#N)cc1C(N)=O)N(C)C(=O)N2c1cccc(C(F)(F)F)c1. The lowest BCUT2D eigenvalue weighted by molar-refractivity contribution is -0.137. The molecule has 0 spiro atoms. The Hall–Kier alpha value is -4.06. The average molecular weight is 480 g/mol. The number of urea groups is 1. The highest BCUT2D eigenvalue weighted by molar-refractivity contribution is 5.99. The summed E-state index contributed by atoms with van der Waals surface area (Å²) in [6, 6.07) is 10.0. The molecule has 0 aromatic heterocycles. The Bertz CT molecular complexity index is 1320. The first-order valence-corrected chi connectivity index (χ1v) is 11.0. The van der Waals surface area contributed by atoms with E-state index in [1.807, 2.05) is 19.1 Å². The maximum atomic E-state index is 13.7. The van der Waals surface area contributed by atoms with E-state index >= 15 is 0 Å². The van der Waals surface area contributed by atoms with Crippen molar-refractivity contribution in [1.82, 2.24) is 4.90 Å². The van der Waals surface area contributed by atoms with Crippen LogP contribution in [-0.4, -0.2) is 23.9 Å². The molecule has 0 fully saturated rings. The molecular weight excluding hydrogens is 457 g/mol. The second-order valence-corrected chi connectivity index (χ2v) is 8.49. The van der Waals surface area contributed by atoms with E-state index in [-0.39, 0.29) is 16.8 Å². The Kier molecular flexibility index (Phi) is 6.15. The summed E-state index contributed by atoms with van der Waals surface area (Å²) in [5.74, 6) is -0.738. The normalized spacial score (nSPS) is 19.6. The lowest BCUT2D eigenvalue weighted by Gasteiger charge is -2.45. The zero-order valence-corrected chi connectivity index (χ0v) is 19.2. The predicted molar refractivity (Wildman–Crippen MR) is 124 cm³/mol. The molecule has 0 radical (unpaired) electrons. The van der Waals surface area contributed by atoms with E-state index in [0.29, 0.717) is 30.5 Å². The fourth-order valence-electron chi connectivity index (χ4n) is 4.87.